The van der Waals surface area contributed by atoms with Gasteiger partial charge in [-0.1, -0.05) is 40.0 Å². The quantitative estimate of drug-likeness (QED) is 0.688. The van der Waals surface area contributed by atoms with Crippen molar-refractivity contribution in [3.05, 3.63) is 18.0 Å². The van der Waals surface area contributed by atoms with Crippen LogP contribution in [0.1, 0.15) is 71.5 Å². The van der Waals surface area contributed by atoms with E-state index in [0.29, 0.717) is 12.0 Å². The highest BCUT2D eigenvalue weighted by Crippen LogP contribution is 2.29. The van der Waals surface area contributed by atoms with Crippen LogP contribution in [0.25, 0.3) is 0 Å². The number of aryl methyl sites for hydroxylation is 1. The van der Waals surface area contributed by atoms with Crippen molar-refractivity contribution in [1.29, 1.82) is 0 Å². The Morgan fingerprint density at radius 2 is 2.00 bits per heavy atom. The van der Waals surface area contributed by atoms with Crippen molar-refractivity contribution in [3.8, 4) is 0 Å². The third-order valence-corrected chi connectivity index (χ3v) is 3.91. The number of rotatable bonds is 10. The Kier molecular flexibility index (Phi) is 7.80. The molecule has 0 amide bonds. The summed E-state index contributed by atoms with van der Waals surface area (Å²) in [4.78, 5) is 0. The largest absolute Gasteiger partial charge is 0.308 e. The number of nitrogens with zero attached hydrogens (tertiary/aromatic N) is 2. The lowest BCUT2D eigenvalue weighted by Crippen LogP contribution is -2.31. The highest BCUT2D eigenvalue weighted by Gasteiger charge is 2.23. The van der Waals surface area contributed by atoms with E-state index in [1.54, 1.807) is 0 Å². The van der Waals surface area contributed by atoms with E-state index >= 15 is 0 Å². The van der Waals surface area contributed by atoms with Crippen LogP contribution in [0.2, 0.25) is 0 Å². The Morgan fingerprint density at radius 3 is 2.58 bits per heavy atom. The SMILES string of the molecule is CCCCC(CC)C(NCCC)c1ccnn1CC. The van der Waals surface area contributed by atoms with Crippen LogP contribution in [-0.4, -0.2) is 16.3 Å². The summed E-state index contributed by atoms with van der Waals surface area (Å²) >= 11 is 0. The Labute approximate surface area is 118 Å². The molecule has 0 radical (unpaired) electrons. The molecule has 0 saturated heterocycles. The molecule has 0 aliphatic rings. The summed E-state index contributed by atoms with van der Waals surface area (Å²) in [5.41, 5.74) is 1.36. The van der Waals surface area contributed by atoms with Crippen LogP contribution >= 0.6 is 0 Å². The van der Waals surface area contributed by atoms with Crippen LogP contribution < -0.4 is 5.32 Å². The van der Waals surface area contributed by atoms with Gasteiger partial charge in [0.2, 0.25) is 0 Å². The summed E-state index contributed by atoms with van der Waals surface area (Å²) < 4.78 is 2.14. The van der Waals surface area contributed by atoms with Gasteiger partial charge in [0, 0.05) is 12.7 Å². The average Bonchev–Trinajstić information content (AvgIpc) is 2.90. The van der Waals surface area contributed by atoms with Crippen LogP contribution in [0.15, 0.2) is 12.3 Å². The molecule has 1 N–H and O–H groups in total. The second-order valence-electron chi connectivity index (χ2n) is 5.31. The summed E-state index contributed by atoms with van der Waals surface area (Å²) in [5.74, 6) is 0.716. The Morgan fingerprint density at radius 1 is 1.21 bits per heavy atom. The maximum absolute atomic E-state index is 4.44. The number of nitrogens with one attached hydrogen (secondary N) is 1. The molecule has 0 aliphatic heterocycles. The molecule has 2 unspecified atom stereocenters. The zero-order chi connectivity index (χ0) is 14.1. The number of hydrogen-bond donors (Lipinski definition) is 1. The fourth-order valence-corrected chi connectivity index (χ4v) is 2.76. The predicted molar refractivity (Wildman–Crippen MR) is 82.2 cm³/mol. The predicted octanol–water partition coefficient (Wildman–Crippen LogP) is 4.16. The fourth-order valence-electron chi connectivity index (χ4n) is 2.76. The van der Waals surface area contributed by atoms with Gasteiger partial charge in [-0.25, -0.2) is 0 Å². The first kappa shape index (κ1) is 16.2. The van der Waals surface area contributed by atoms with Crippen molar-refractivity contribution in [2.45, 2.75) is 72.4 Å². The maximum atomic E-state index is 4.44. The summed E-state index contributed by atoms with van der Waals surface area (Å²) in [6, 6.07) is 2.64. The van der Waals surface area contributed by atoms with E-state index in [9.17, 15) is 0 Å². The van der Waals surface area contributed by atoms with Gasteiger partial charge in [-0.05, 0) is 38.3 Å². The zero-order valence-corrected chi connectivity index (χ0v) is 13.2. The monoisotopic (exact) mass is 265 g/mol. The highest BCUT2D eigenvalue weighted by molar-refractivity contribution is 5.08. The summed E-state index contributed by atoms with van der Waals surface area (Å²) in [7, 11) is 0. The molecule has 1 heterocycles. The summed E-state index contributed by atoms with van der Waals surface area (Å²) in [6.45, 7) is 11.0. The molecule has 110 valence electrons. The van der Waals surface area contributed by atoms with Gasteiger partial charge in [0.25, 0.3) is 0 Å². The first-order valence-electron chi connectivity index (χ1n) is 8.03. The Bertz CT molecular complexity index is 332. The van der Waals surface area contributed by atoms with Crippen LogP contribution in [0.3, 0.4) is 0 Å². The number of unbranched alkanes of at least 4 members (excludes halogenated alkanes) is 1. The van der Waals surface area contributed by atoms with Crippen LogP contribution in [0.4, 0.5) is 0 Å². The molecule has 0 saturated carbocycles. The molecule has 0 bridgehead atoms. The number of hydrogen-bond acceptors (Lipinski definition) is 2. The highest BCUT2D eigenvalue weighted by atomic mass is 15.3. The maximum Gasteiger partial charge on any atom is 0.0556 e. The fraction of sp³-hybridized carbons (Fsp3) is 0.812. The van der Waals surface area contributed by atoms with Gasteiger partial charge in [-0.3, -0.25) is 4.68 Å². The van der Waals surface area contributed by atoms with E-state index < -0.39 is 0 Å². The minimum atomic E-state index is 0.457. The van der Waals surface area contributed by atoms with Crippen LogP contribution in [0.5, 0.6) is 0 Å². The Balaban J connectivity index is 2.85. The van der Waals surface area contributed by atoms with Gasteiger partial charge < -0.3 is 5.32 Å². The normalized spacial score (nSPS) is 14.5. The molecular weight excluding hydrogens is 234 g/mol. The third kappa shape index (κ3) is 4.64. The molecule has 0 spiro atoms. The van der Waals surface area contributed by atoms with Gasteiger partial charge in [-0.2, -0.15) is 5.10 Å². The van der Waals surface area contributed by atoms with E-state index in [-0.39, 0.29) is 0 Å². The second-order valence-corrected chi connectivity index (χ2v) is 5.31. The van der Waals surface area contributed by atoms with Crippen molar-refractivity contribution in [2.75, 3.05) is 6.54 Å². The van der Waals surface area contributed by atoms with Crippen LogP contribution in [0, 0.1) is 5.92 Å². The molecule has 0 aromatic carbocycles. The second kappa shape index (κ2) is 9.13. The summed E-state index contributed by atoms with van der Waals surface area (Å²) in [6.07, 6.45) is 8.26. The molecule has 1 aromatic heterocycles. The summed E-state index contributed by atoms with van der Waals surface area (Å²) in [5, 5.41) is 8.18. The average molecular weight is 265 g/mol. The van der Waals surface area contributed by atoms with Crippen molar-refractivity contribution in [3.63, 3.8) is 0 Å². The van der Waals surface area contributed by atoms with E-state index in [1.807, 2.05) is 6.20 Å². The minimum Gasteiger partial charge on any atom is -0.308 e. The van der Waals surface area contributed by atoms with E-state index in [2.05, 4.69) is 48.9 Å². The molecule has 0 fully saturated rings. The van der Waals surface area contributed by atoms with Gasteiger partial charge in [0.1, 0.15) is 0 Å². The standard InChI is InChI=1S/C16H31N3/c1-5-9-10-14(7-3)16(17-12-6-2)15-11-13-18-19(15)8-4/h11,13-14,16-17H,5-10,12H2,1-4H3. The van der Waals surface area contributed by atoms with E-state index in [1.165, 1.54) is 37.8 Å². The lowest BCUT2D eigenvalue weighted by atomic mass is 9.89. The molecule has 1 aromatic rings. The van der Waals surface area contributed by atoms with Gasteiger partial charge in [-0.15, -0.1) is 0 Å². The molecule has 1 rings (SSSR count). The molecule has 2 atom stereocenters. The molecule has 19 heavy (non-hydrogen) atoms. The minimum absolute atomic E-state index is 0.457. The van der Waals surface area contributed by atoms with E-state index in [0.717, 1.165) is 13.1 Å². The third-order valence-electron chi connectivity index (χ3n) is 3.91. The molecule has 3 nitrogen and oxygen atoms in total. The van der Waals surface area contributed by atoms with Crippen molar-refractivity contribution in [2.24, 2.45) is 5.92 Å². The number of aromatic nitrogens is 2. The van der Waals surface area contributed by atoms with Gasteiger partial charge in [0.15, 0.2) is 0 Å². The Hall–Kier alpha value is -0.830. The smallest absolute Gasteiger partial charge is 0.0556 e. The van der Waals surface area contributed by atoms with Gasteiger partial charge >= 0.3 is 0 Å². The molecular formula is C16H31N3. The molecule has 0 aliphatic carbocycles. The van der Waals surface area contributed by atoms with Crippen molar-refractivity contribution in [1.82, 2.24) is 15.1 Å². The first-order chi connectivity index (χ1) is 9.28. The lowest BCUT2D eigenvalue weighted by molar-refractivity contribution is 0.308. The molecule has 3 heteroatoms. The first-order valence-corrected chi connectivity index (χ1v) is 8.03. The zero-order valence-electron chi connectivity index (χ0n) is 13.2. The van der Waals surface area contributed by atoms with E-state index in [4.69, 9.17) is 0 Å². The topological polar surface area (TPSA) is 29.9 Å². The van der Waals surface area contributed by atoms with Crippen LogP contribution in [-0.2, 0) is 6.54 Å². The lowest BCUT2D eigenvalue weighted by Gasteiger charge is -2.28. The van der Waals surface area contributed by atoms with Crippen molar-refractivity contribution >= 4 is 0 Å². The van der Waals surface area contributed by atoms with Gasteiger partial charge in [0.05, 0.1) is 11.7 Å². The van der Waals surface area contributed by atoms with Crippen molar-refractivity contribution < 1.29 is 0 Å².